The molecule has 0 heterocycles. The Morgan fingerprint density at radius 1 is 0.639 bits per heavy atom. The topological polar surface area (TPSA) is 50.1 Å². The number of hydrogen-bond acceptors (Lipinski definition) is 3. The Bertz CT molecular complexity index is 1180. The van der Waals surface area contributed by atoms with Crippen LogP contribution in [0.15, 0.2) is 42.0 Å². The molecule has 0 saturated heterocycles. The molecule has 0 aromatic heterocycles. The number of carbonyl (C=O) groups excluding carboxylic acids is 1. The minimum absolute atomic E-state index is 0.0215. The molecule has 0 saturated carbocycles. The summed E-state index contributed by atoms with van der Waals surface area (Å²) in [6, 6.07) is 0.260. The summed E-state index contributed by atoms with van der Waals surface area (Å²) in [6.45, 7) is 0. The van der Waals surface area contributed by atoms with Crippen LogP contribution in [0.4, 0.5) is 52.7 Å². The van der Waals surface area contributed by atoms with Crippen molar-refractivity contribution in [1.29, 1.82) is 5.26 Å². The summed E-state index contributed by atoms with van der Waals surface area (Å²) in [5.41, 5.74) is -11.9. The van der Waals surface area contributed by atoms with E-state index in [-0.39, 0.29) is 36.4 Å². The zero-order valence-electron chi connectivity index (χ0n) is 16.6. The van der Waals surface area contributed by atoms with E-state index in [9.17, 15) is 62.7 Å². The van der Waals surface area contributed by atoms with Gasteiger partial charge in [-0.15, -0.1) is 0 Å². The number of hydrogen-bond donors (Lipinski definition) is 0. The third-order valence-corrected chi connectivity index (χ3v) is 4.56. The molecule has 0 aliphatic heterocycles. The number of rotatable bonds is 4. The Morgan fingerprint density at radius 3 is 1.19 bits per heavy atom. The van der Waals surface area contributed by atoms with Crippen molar-refractivity contribution in [2.45, 2.75) is 24.7 Å². The Morgan fingerprint density at radius 2 is 0.944 bits per heavy atom. The maximum absolute atomic E-state index is 13.1. The molecule has 0 spiro atoms. The monoisotopic (exact) mass is 576 g/mol. The standard InChI is InChI=1S/C20H7F12NO2.Fe/c21-17(22,23)10-1-8(2-11(5-10)18(24,25)26)15(34)14(7-33)16(35)9-3-12(19(27,28)29)6-13(4-9)20(30,31)32;/h1-6,34H;/q;+1/p-1/b15-14-;. The van der Waals surface area contributed by atoms with E-state index in [1.807, 2.05) is 0 Å². The Kier molecular flexibility index (Phi) is 7.83. The van der Waals surface area contributed by atoms with Crippen LogP contribution in [0.1, 0.15) is 38.2 Å². The van der Waals surface area contributed by atoms with E-state index < -0.39 is 75.2 Å². The summed E-state index contributed by atoms with van der Waals surface area (Å²) in [6.07, 6.45) is -21.5. The van der Waals surface area contributed by atoms with Crippen molar-refractivity contribution in [3.63, 3.8) is 0 Å². The average molecular weight is 576 g/mol. The molecule has 0 N–H and O–H groups in total. The number of carbonyl (C=O) groups is 1. The first-order valence-electron chi connectivity index (χ1n) is 8.76. The SMILES string of the molecule is N#C/C(C(=O)c1cc(C(F)(F)F)cc(C(F)(F)F)c1)=C(/[O][Fe])c1cc(C(F)(F)F)cc(C(F)(F)F)c1. The van der Waals surface area contributed by atoms with Gasteiger partial charge in [-0.25, -0.2) is 0 Å². The van der Waals surface area contributed by atoms with Gasteiger partial charge < -0.3 is 0 Å². The number of nitriles is 1. The van der Waals surface area contributed by atoms with E-state index >= 15 is 0 Å². The molecule has 2 aromatic rings. The number of nitrogens with zero attached hydrogens (tertiary/aromatic N) is 1. The fourth-order valence-electron chi connectivity index (χ4n) is 2.74. The fraction of sp³-hybridized carbons (Fsp3) is 0.200. The Labute approximate surface area is 201 Å². The van der Waals surface area contributed by atoms with Crippen molar-refractivity contribution >= 4 is 11.5 Å². The molecule has 0 radical (unpaired) electrons. The number of benzene rings is 2. The third kappa shape index (κ3) is 6.52. The molecule has 0 fully saturated rings. The van der Waals surface area contributed by atoms with Gasteiger partial charge in [0, 0.05) is 0 Å². The van der Waals surface area contributed by atoms with E-state index in [1.165, 1.54) is 0 Å². The predicted octanol–water partition coefficient (Wildman–Crippen LogP) is 7.36. The summed E-state index contributed by atoms with van der Waals surface area (Å²) in [5, 5.41) is 9.31. The summed E-state index contributed by atoms with van der Waals surface area (Å²) < 4.78 is 162. The fourth-order valence-corrected chi connectivity index (χ4v) is 2.99. The maximum atomic E-state index is 13.1. The van der Waals surface area contributed by atoms with Crippen molar-refractivity contribution in [1.82, 2.24) is 0 Å². The second-order valence-electron chi connectivity index (χ2n) is 6.81. The molecule has 16 heteroatoms. The Balaban J connectivity index is 2.86. The third-order valence-electron chi connectivity index (χ3n) is 4.34. The van der Waals surface area contributed by atoms with E-state index in [0.29, 0.717) is 0 Å². The molecule has 36 heavy (non-hydrogen) atoms. The molecular weight excluding hydrogens is 570 g/mol. The molecule has 0 bridgehead atoms. The van der Waals surface area contributed by atoms with Crippen LogP contribution < -0.4 is 0 Å². The van der Waals surface area contributed by atoms with Gasteiger partial charge in [-0.1, -0.05) is 0 Å². The number of alkyl halides is 12. The number of Topliss-reactive ketones (excluding diaryl/α,β-unsaturated/α-hetero) is 1. The van der Waals surface area contributed by atoms with Crippen LogP contribution in [0.25, 0.3) is 5.76 Å². The van der Waals surface area contributed by atoms with Gasteiger partial charge in [-0.05, 0) is 0 Å². The summed E-state index contributed by atoms with van der Waals surface area (Å²) in [4.78, 5) is 12.7. The van der Waals surface area contributed by atoms with Gasteiger partial charge in [0.25, 0.3) is 0 Å². The quantitative estimate of drug-likeness (QED) is 0.0956. The zero-order chi connectivity index (χ0) is 27.9. The van der Waals surface area contributed by atoms with Crippen LogP contribution in [0.5, 0.6) is 0 Å². The normalized spacial score (nSPS) is 13.7. The minimum atomic E-state index is -5.40. The molecular formula is C20H6F12FeNO2. The number of halogens is 12. The van der Waals surface area contributed by atoms with E-state index in [1.54, 1.807) is 0 Å². The molecule has 2 aromatic carbocycles. The van der Waals surface area contributed by atoms with Crippen LogP contribution in [0.2, 0.25) is 0 Å². The van der Waals surface area contributed by atoms with Gasteiger partial charge in [-0.3, -0.25) is 0 Å². The van der Waals surface area contributed by atoms with Crippen LogP contribution in [0, 0.1) is 11.3 Å². The molecule has 0 atom stereocenters. The number of ketones is 1. The van der Waals surface area contributed by atoms with E-state index in [0.717, 1.165) is 6.07 Å². The Hall–Kier alpha value is -3.18. The summed E-state index contributed by atoms with van der Waals surface area (Å²) >= 11 is 2.72. The van der Waals surface area contributed by atoms with Gasteiger partial charge in [-0.2, -0.15) is 0 Å². The van der Waals surface area contributed by atoms with Crippen molar-refractivity contribution in [2.75, 3.05) is 0 Å². The molecule has 0 aliphatic rings. The molecule has 195 valence electrons. The van der Waals surface area contributed by atoms with Crippen molar-refractivity contribution in [3.05, 3.63) is 75.4 Å². The second-order valence-corrected chi connectivity index (χ2v) is 7.03. The van der Waals surface area contributed by atoms with Gasteiger partial charge in [0.05, 0.1) is 0 Å². The first-order valence-corrected chi connectivity index (χ1v) is 9.21. The van der Waals surface area contributed by atoms with Crippen molar-refractivity contribution in [3.8, 4) is 6.07 Å². The molecule has 3 nitrogen and oxygen atoms in total. The van der Waals surface area contributed by atoms with Crippen LogP contribution >= 0.6 is 0 Å². The molecule has 2 rings (SSSR count). The van der Waals surface area contributed by atoms with Gasteiger partial charge in [0.15, 0.2) is 0 Å². The average Bonchev–Trinajstić information content (AvgIpc) is 2.73. The van der Waals surface area contributed by atoms with Gasteiger partial charge >= 0.3 is 201 Å². The van der Waals surface area contributed by atoms with Crippen LogP contribution in [0.3, 0.4) is 0 Å². The van der Waals surface area contributed by atoms with Gasteiger partial charge in [0.2, 0.25) is 0 Å². The molecule has 0 amide bonds. The van der Waals surface area contributed by atoms with Gasteiger partial charge in [0.1, 0.15) is 0 Å². The van der Waals surface area contributed by atoms with Crippen molar-refractivity contribution in [2.24, 2.45) is 0 Å². The first kappa shape index (κ1) is 29.1. The van der Waals surface area contributed by atoms with Crippen LogP contribution in [-0.4, -0.2) is 5.78 Å². The summed E-state index contributed by atoms with van der Waals surface area (Å²) in [5.74, 6) is -3.27. The molecule has 0 unspecified atom stereocenters. The first-order chi connectivity index (χ1) is 16.2. The van der Waals surface area contributed by atoms with E-state index in [4.69, 9.17) is 0 Å². The zero-order valence-corrected chi connectivity index (χ0v) is 17.7. The second kappa shape index (κ2) is 9.70. The van der Waals surface area contributed by atoms with Crippen molar-refractivity contribution < 1.29 is 77.6 Å². The molecule has 0 aliphatic carbocycles. The predicted molar refractivity (Wildman–Crippen MR) is 90.8 cm³/mol. The number of allylic oxidation sites excluding steroid dienone is 1. The van der Waals surface area contributed by atoms with E-state index in [2.05, 4.69) is 20.2 Å². The summed E-state index contributed by atoms with van der Waals surface area (Å²) in [7, 11) is 0. The van der Waals surface area contributed by atoms with Crippen LogP contribution in [-0.2, 0) is 44.9 Å².